The maximum absolute atomic E-state index is 12.5. The van der Waals surface area contributed by atoms with Crippen LogP contribution in [0.25, 0.3) is 5.69 Å². The molecule has 0 aliphatic heterocycles. The number of nitrogens with one attached hydrogen (secondary N) is 1. The molecule has 27 heavy (non-hydrogen) atoms. The van der Waals surface area contributed by atoms with Crippen LogP contribution in [-0.4, -0.2) is 37.7 Å². The molecule has 1 amide bonds. The number of aliphatic carboxylic acids is 1. The molecular formula is C18H20N4O5. The van der Waals surface area contributed by atoms with Gasteiger partial charge in [0.2, 0.25) is 0 Å². The Kier molecular flexibility index (Phi) is 5.49. The van der Waals surface area contributed by atoms with Gasteiger partial charge < -0.3 is 10.4 Å². The quantitative estimate of drug-likeness (QED) is 0.472. The second-order valence-corrected chi connectivity index (χ2v) is 6.61. The van der Waals surface area contributed by atoms with E-state index in [0.717, 1.165) is 19.3 Å². The van der Waals surface area contributed by atoms with Crippen LogP contribution >= 0.6 is 0 Å². The van der Waals surface area contributed by atoms with Crippen molar-refractivity contribution in [1.29, 1.82) is 0 Å². The Morgan fingerprint density at radius 1 is 1.19 bits per heavy atom. The second-order valence-electron chi connectivity index (χ2n) is 6.61. The molecule has 1 saturated carbocycles. The van der Waals surface area contributed by atoms with Gasteiger partial charge in [0.1, 0.15) is 0 Å². The lowest BCUT2D eigenvalue weighted by Gasteiger charge is -2.22. The highest BCUT2D eigenvalue weighted by Gasteiger charge is 2.31. The summed E-state index contributed by atoms with van der Waals surface area (Å²) in [7, 11) is 0. The number of hydrogen-bond acceptors (Lipinski definition) is 5. The molecule has 0 radical (unpaired) electrons. The summed E-state index contributed by atoms with van der Waals surface area (Å²) in [5.41, 5.74) is 0.858. The predicted molar refractivity (Wildman–Crippen MR) is 95.7 cm³/mol. The Hall–Kier alpha value is -3.23. The van der Waals surface area contributed by atoms with Gasteiger partial charge in [-0.15, -0.1) is 0 Å². The molecule has 0 unspecified atom stereocenters. The van der Waals surface area contributed by atoms with Gasteiger partial charge in [0, 0.05) is 24.4 Å². The van der Waals surface area contributed by atoms with Crippen LogP contribution in [-0.2, 0) is 4.79 Å². The van der Waals surface area contributed by atoms with Crippen molar-refractivity contribution in [2.45, 2.75) is 38.1 Å². The zero-order chi connectivity index (χ0) is 19.4. The van der Waals surface area contributed by atoms with Crippen molar-refractivity contribution in [2.24, 2.45) is 5.92 Å². The molecule has 1 heterocycles. The zero-order valence-electron chi connectivity index (χ0n) is 14.6. The number of nitro benzene ring substituents is 1. The molecule has 0 spiro atoms. The van der Waals surface area contributed by atoms with E-state index in [2.05, 4.69) is 10.4 Å². The highest BCUT2D eigenvalue weighted by molar-refractivity contribution is 5.94. The number of amides is 1. The van der Waals surface area contributed by atoms with Crippen LogP contribution in [0.3, 0.4) is 0 Å². The summed E-state index contributed by atoms with van der Waals surface area (Å²) < 4.78 is 1.44. The number of nitro groups is 1. The van der Waals surface area contributed by atoms with Crippen molar-refractivity contribution in [3.8, 4) is 5.69 Å². The fraction of sp³-hybridized carbons (Fsp3) is 0.389. The van der Waals surface area contributed by atoms with Crippen LogP contribution in [0.4, 0.5) is 5.69 Å². The number of carboxylic acid groups (broad SMARTS) is 1. The Morgan fingerprint density at radius 2 is 1.89 bits per heavy atom. The first kappa shape index (κ1) is 18.6. The highest BCUT2D eigenvalue weighted by atomic mass is 16.6. The highest BCUT2D eigenvalue weighted by Crippen LogP contribution is 2.24. The zero-order valence-corrected chi connectivity index (χ0v) is 14.6. The molecule has 9 heteroatoms. The third kappa shape index (κ3) is 4.30. The third-order valence-corrected chi connectivity index (χ3v) is 4.82. The van der Waals surface area contributed by atoms with Crippen molar-refractivity contribution in [3.63, 3.8) is 0 Å². The molecule has 1 aromatic heterocycles. The van der Waals surface area contributed by atoms with Gasteiger partial charge in [0.25, 0.3) is 11.6 Å². The molecule has 1 aliphatic carbocycles. The van der Waals surface area contributed by atoms with Crippen molar-refractivity contribution >= 4 is 17.6 Å². The van der Waals surface area contributed by atoms with Gasteiger partial charge in [0.05, 0.1) is 28.3 Å². The summed E-state index contributed by atoms with van der Waals surface area (Å²) >= 11 is 0. The SMILES string of the molecule is O=C(N[C@H]1CCCCC[C@H]1C(=O)O)c1cnn(-c2ccc([N+](=O)[O-])cc2)c1. The largest absolute Gasteiger partial charge is 0.481 e. The van der Waals surface area contributed by atoms with E-state index < -0.39 is 22.9 Å². The number of carboxylic acids is 1. The van der Waals surface area contributed by atoms with Gasteiger partial charge in [-0.05, 0) is 25.0 Å². The number of hydrogen-bond donors (Lipinski definition) is 2. The molecule has 142 valence electrons. The van der Waals surface area contributed by atoms with E-state index in [0.29, 0.717) is 24.1 Å². The van der Waals surface area contributed by atoms with Crippen molar-refractivity contribution in [2.75, 3.05) is 0 Å². The van der Waals surface area contributed by atoms with Crippen molar-refractivity contribution in [1.82, 2.24) is 15.1 Å². The number of rotatable bonds is 5. The summed E-state index contributed by atoms with van der Waals surface area (Å²) in [4.78, 5) is 34.2. The lowest BCUT2D eigenvalue weighted by molar-refractivity contribution is -0.384. The number of nitrogens with zero attached hydrogens (tertiary/aromatic N) is 3. The first-order valence-corrected chi connectivity index (χ1v) is 8.79. The maximum atomic E-state index is 12.5. The molecule has 2 aromatic rings. The van der Waals surface area contributed by atoms with E-state index in [-0.39, 0.29) is 11.6 Å². The summed E-state index contributed by atoms with van der Waals surface area (Å²) in [5, 5.41) is 27.1. The Morgan fingerprint density at radius 3 is 2.56 bits per heavy atom. The first-order valence-electron chi connectivity index (χ1n) is 8.79. The van der Waals surface area contributed by atoms with Crippen LogP contribution in [0.1, 0.15) is 42.5 Å². The number of non-ortho nitro benzene ring substituents is 1. The van der Waals surface area contributed by atoms with Gasteiger partial charge in [0.15, 0.2) is 0 Å². The number of aromatic nitrogens is 2. The lowest BCUT2D eigenvalue weighted by Crippen LogP contribution is -2.42. The Bertz CT molecular complexity index is 846. The molecular weight excluding hydrogens is 352 g/mol. The summed E-state index contributed by atoms with van der Waals surface area (Å²) in [6.45, 7) is 0. The molecule has 1 aliphatic rings. The fourth-order valence-electron chi connectivity index (χ4n) is 3.34. The van der Waals surface area contributed by atoms with Gasteiger partial charge in [-0.1, -0.05) is 19.3 Å². The number of benzene rings is 1. The van der Waals surface area contributed by atoms with Gasteiger partial charge >= 0.3 is 5.97 Å². The van der Waals surface area contributed by atoms with E-state index in [1.165, 1.54) is 29.2 Å². The van der Waals surface area contributed by atoms with Gasteiger partial charge in [-0.3, -0.25) is 19.7 Å². The fourth-order valence-corrected chi connectivity index (χ4v) is 3.34. The normalized spacial score (nSPS) is 19.9. The van der Waals surface area contributed by atoms with Crippen LogP contribution in [0.5, 0.6) is 0 Å². The minimum atomic E-state index is -0.885. The molecule has 2 atom stereocenters. The smallest absolute Gasteiger partial charge is 0.308 e. The lowest BCUT2D eigenvalue weighted by atomic mass is 9.94. The third-order valence-electron chi connectivity index (χ3n) is 4.82. The van der Waals surface area contributed by atoms with E-state index in [4.69, 9.17) is 0 Å². The summed E-state index contributed by atoms with van der Waals surface area (Å²) in [6.07, 6.45) is 6.81. The average molecular weight is 372 g/mol. The van der Waals surface area contributed by atoms with E-state index in [1.54, 1.807) is 12.1 Å². The monoisotopic (exact) mass is 372 g/mol. The summed E-state index contributed by atoms with van der Waals surface area (Å²) in [5.74, 6) is -1.84. The Balaban J connectivity index is 1.72. The Labute approximate surface area is 155 Å². The van der Waals surface area contributed by atoms with Crippen LogP contribution < -0.4 is 5.32 Å². The second kappa shape index (κ2) is 7.98. The van der Waals surface area contributed by atoms with E-state index >= 15 is 0 Å². The van der Waals surface area contributed by atoms with Crippen LogP contribution in [0.15, 0.2) is 36.7 Å². The molecule has 2 N–H and O–H groups in total. The molecule has 0 bridgehead atoms. The predicted octanol–water partition coefficient (Wildman–Crippen LogP) is 2.54. The van der Waals surface area contributed by atoms with Gasteiger partial charge in [-0.2, -0.15) is 5.10 Å². The van der Waals surface area contributed by atoms with Crippen LogP contribution in [0.2, 0.25) is 0 Å². The van der Waals surface area contributed by atoms with Gasteiger partial charge in [-0.25, -0.2) is 4.68 Å². The standard InChI is InChI=1S/C18H20N4O5/c23-17(20-16-5-3-1-2-4-15(16)18(24)25)12-10-19-21(11-12)13-6-8-14(9-7-13)22(26)27/h6-11,15-16H,1-5H2,(H,20,23)(H,24,25)/t15-,16+/m1/s1. The van der Waals surface area contributed by atoms with Crippen molar-refractivity contribution in [3.05, 3.63) is 52.3 Å². The van der Waals surface area contributed by atoms with Crippen molar-refractivity contribution < 1.29 is 19.6 Å². The molecule has 1 fully saturated rings. The minimum absolute atomic E-state index is 0.0306. The minimum Gasteiger partial charge on any atom is -0.481 e. The molecule has 0 saturated heterocycles. The summed E-state index contributed by atoms with van der Waals surface area (Å²) in [6, 6.07) is 5.40. The van der Waals surface area contributed by atoms with Crippen LogP contribution in [0, 0.1) is 16.0 Å². The average Bonchev–Trinajstić information content (AvgIpc) is 3.02. The first-order chi connectivity index (χ1) is 13.0. The molecule has 9 nitrogen and oxygen atoms in total. The van der Waals surface area contributed by atoms with E-state index in [9.17, 15) is 24.8 Å². The number of carbonyl (C=O) groups excluding carboxylic acids is 1. The van der Waals surface area contributed by atoms with E-state index in [1.807, 2.05) is 0 Å². The maximum Gasteiger partial charge on any atom is 0.308 e. The molecule has 1 aromatic carbocycles. The topological polar surface area (TPSA) is 127 Å². The number of carbonyl (C=O) groups is 2. The molecule has 3 rings (SSSR count).